The zero-order chi connectivity index (χ0) is 14.2. The molecule has 0 aromatic carbocycles. The lowest BCUT2D eigenvalue weighted by atomic mass is 9.68. The fourth-order valence-corrected chi connectivity index (χ4v) is 3.76. The Hall–Kier alpha value is -1.49. The van der Waals surface area contributed by atoms with Crippen molar-refractivity contribution in [3.05, 3.63) is 43.7 Å². The van der Waals surface area contributed by atoms with E-state index in [-0.39, 0.29) is 23.0 Å². The van der Waals surface area contributed by atoms with Gasteiger partial charge in [-0.05, 0) is 31.7 Å². The largest absolute Gasteiger partial charge is 0.292 e. The third-order valence-electron chi connectivity index (χ3n) is 4.17. The van der Waals surface area contributed by atoms with Crippen molar-refractivity contribution in [1.29, 1.82) is 0 Å². The van der Waals surface area contributed by atoms with Crippen molar-refractivity contribution in [3.8, 4) is 0 Å². The first-order valence-electron chi connectivity index (χ1n) is 6.23. The highest BCUT2D eigenvalue weighted by Crippen LogP contribution is 2.46. The van der Waals surface area contributed by atoms with Gasteiger partial charge in [-0.3, -0.25) is 14.9 Å². The van der Waals surface area contributed by atoms with Crippen LogP contribution in [0.4, 0.5) is 0 Å². The molecular weight excluding hydrogens is 262 g/mol. The molecule has 2 unspecified atom stereocenters. The lowest BCUT2D eigenvalue weighted by molar-refractivity contribution is -0.557. The van der Waals surface area contributed by atoms with Gasteiger partial charge in [0.05, 0.1) is 5.92 Å². The number of carbonyl (C=O) groups excluding carboxylic acids is 1. The second kappa shape index (κ2) is 4.89. The molecule has 0 radical (unpaired) electrons. The number of rotatable bonds is 3. The van der Waals surface area contributed by atoms with Crippen LogP contribution in [0.5, 0.6) is 0 Å². The van der Waals surface area contributed by atoms with E-state index in [0.717, 1.165) is 16.0 Å². The second-order valence-electron chi connectivity index (χ2n) is 5.25. The van der Waals surface area contributed by atoms with Gasteiger partial charge in [0.2, 0.25) is 5.78 Å². The minimum atomic E-state index is -1.49. The van der Waals surface area contributed by atoms with Crippen molar-refractivity contribution in [3.63, 3.8) is 0 Å². The van der Waals surface area contributed by atoms with E-state index in [1.165, 1.54) is 18.3 Å². The van der Waals surface area contributed by atoms with Gasteiger partial charge < -0.3 is 0 Å². The summed E-state index contributed by atoms with van der Waals surface area (Å²) in [6, 6.07) is 3.77. The van der Waals surface area contributed by atoms with Crippen LogP contribution in [0.2, 0.25) is 0 Å². The summed E-state index contributed by atoms with van der Waals surface area (Å²) in [5.74, 6) is -0.688. The van der Waals surface area contributed by atoms with Gasteiger partial charge in [0, 0.05) is 23.1 Å². The van der Waals surface area contributed by atoms with Crippen molar-refractivity contribution in [2.24, 2.45) is 0 Å². The highest BCUT2D eigenvalue weighted by Gasteiger charge is 2.57. The summed E-state index contributed by atoms with van der Waals surface area (Å²) in [5.41, 5.74) is 0.644. The summed E-state index contributed by atoms with van der Waals surface area (Å²) in [5, 5.41) is 13.5. The molecule has 0 amide bonds. The maximum atomic E-state index is 12.1. The fraction of sp³-hybridized carbons (Fsp3) is 0.500. The summed E-state index contributed by atoms with van der Waals surface area (Å²) in [6.45, 7) is 5.23. The molecule has 0 saturated carbocycles. The average Bonchev–Trinajstić information content (AvgIpc) is 2.84. The normalized spacial score (nSPS) is 27.4. The topological polar surface area (TPSA) is 60.2 Å². The lowest BCUT2D eigenvalue weighted by Gasteiger charge is -2.35. The Bertz CT molecular complexity index is 531. The number of nitro groups is 1. The first-order valence-corrected chi connectivity index (χ1v) is 7.11. The molecule has 2 atom stereocenters. The highest BCUT2D eigenvalue weighted by molar-refractivity contribution is 7.10. The number of nitrogens with zero attached hydrogens (tertiary/aromatic N) is 1. The molecule has 1 heterocycles. The van der Waals surface area contributed by atoms with Crippen molar-refractivity contribution < 1.29 is 9.72 Å². The summed E-state index contributed by atoms with van der Waals surface area (Å²) in [6.07, 6.45) is 0.816. The molecule has 5 heteroatoms. The molecule has 0 fully saturated rings. The van der Waals surface area contributed by atoms with Crippen LogP contribution in [0.3, 0.4) is 0 Å². The number of Topliss-reactive ketones (excluding diaryl/α,β-unsaturated/α-hetero) is 1. The van der Waals surface area contributed by atoms with Crippen LogP contribution in [0.1, 0.15) is 44.4 Å². The Morgan fingerprint density at radius 2 is 2.16 bits per heavy atom. The first-order chi connectivity index (χ1) is 8.89. The highest BCUT2D eigenvalue weighted by atomic mass is 32.1. The van der Waals surface area contributed by atoms with Crippen LogP contribution < -0.4 is 0 Å². The number of hydrogen-bond acceptors (Lipinski definition) is 4. The molecule has 0 spiro atoms. The fourth-order valence-electron chi connectivity index (χ4n) is 2.84. The summed E-state index contributed by atoms with van der Waals surface area (Å²) in [4.78, 5) is 24.3. The van der Waals surface area contributed by atoms with E-state index in [0.29, 0.717) is 6.42 Å². The monoisotopic (exact) mass is 279 g/mol. The molecule has 4 nitrogen and oxygen atoms in total. The number of ketones is 1. The van der Waals surface area contributed by atoms with E-state index >= 15 is 0 Å². The van der Waals surface area contributed by atoms with Crippen LogP contribution in [0.25, 0.3) is 0 Å². The van der Waals surface area contributed by atoms with Crippen LogP contribution >= 0.6 is 11.3 Å². The van der Waals surface area contributed by atoms with Crippen LogP contribution in [0, 0.1) is 10.1 Å². The number of thiophene rings is 1. The maximum absolute atomic E-state index is 12.1. The maximum Gasteiger partial charge on any atom is 0.290 e. The Balaban J connectivity index is 2.60. The molecule has 0 N–H and O–H groups in total. The third-order valence-corrected chi connectivity index (χ3v) is 5.16. The van der Waals surface area contributed by atoms with Gasteiger partial charge in [0.15, 0.2) is 0 Å². The lowest BCUT2D eigenvalue weighted by Crippen LogP contribution is -2.52. The van der Waals surface area contributed by atoms with Crippen LogP contribution in [-0.4, -0.2) is 16.2 Å². The van der Waals surface area contributed by atoms with E-state index in [2.05, 4.69) is 0 Å². The molecule has 2 rings (SSSR count). The first kappa shape index (κ1) is 13.9. The smallest absolute Gasteiger partial charge is 0.290 e. The number of hydrogen-bond donors (Lipinski definition) is 0. The molecule has 1 aromatic heterocycles. The minimum Gasteiger partial charge on any atom is -0.292 e. The molecule has 0 saturated heterocycles. The molecule has 1 aliphatic carbocycles. The predicted octanol–water partition coefficient (Wildman–Crippen LogP) is 3.57. The molecule has 102 valence electrons. The third kappa shape index (κ3) is 2.12. The van der Waals surface area contributed by atoms with Crippen molar-refractivity contribution in [1.82, 2.24) is 0 Å². The van der Waals surface area contributed by atoms with Gasteiger partial charge in [-0.25, -0.2) is 0 Å². The van der Waals surface area contributed by atoms with Gasteiger partial charge in [-0.1, -0.05) is 17.2 Å². The minimum absolute atomic E-state index is 0.226. The standard InChI is InChI=1S/C14H17NO3S/c1-9-7-12(13-5-4-6-19-13)14(11(3)16,15(17)18)8-10(9)2/h4-6,12H,7-8H2,1-3H3. The Morgan fingerprint density at radius 3 is 2.63 bits per heavy atom. The van der Waals surface area contributed by atoms with Crippen LogP contribution in [-0.2, 0) is 4.79 Å². The average molecular weight is 279 g/mol. The molecule has 0 bridgehead atoms. The number of carbonyl (C=O) groups is 1. The SMILES string of the molecule is CC(=O)C1([N+](=O)[O-])CC(C)=C(C)CC1c1cccs1. The van der Waals surface area contributed by atoms with Gasteiger partial charge >= 0.3 is 0 Å². The zero-order valence-electron chi connectivity index (χ0n) is 11.3. The van der Waals surface area contributed by atoms with E-state index in [1.807, 2.05) is 31.4 Å². The van der Waals surface area contributed by atoms with Gasteiger partial charge in [-0.2, -0.15) is 0 Å². The summed E-state index contributed by atoms with van der Waals surface area (Å²) >= 11 is 1.49. The molecule has 19 heavy (non-hydrogen) atoms. The van der Waals surface area contributed by atoms with E-state index in [9.17, 15) is 14.9 Å². The van der Waals surface area contributed by atoms with Crippen molar-refractivity contribution in [2.75, 3.05) is 0 Å². The van der Waals surface area contributed by atoms with Gasteiger partial charge in [0.25, 0.3) is 5.54 Å². The van der Waals surface area contributed by atoms with E-state index < -0.39 is 5.54 Å². The van der Waals surface area contributed by atoms with Crippen molar-refractivity contribution >= 4 is 17.1 Å². The summed E-state index contributed by atoms with van der Waals surface area (Å²) in [7, 11) is 0. The Labute approximate surface area is 116 Å². The van der Waals surface area contributed by atoms with Crippen LogP contribution in [0.15, 0.2) is 28.7 Å². The molecule has 1 aliphatic rings. The van der Waals surface area contributed by atoms with Gasteiger partial charge in [0.1, 0.15) is 0 Å². The second-order valence-corrected chi connectivity index (χ2v) is 6.23. The zero-order valence-corrected chi connectivity index (χ0v) is 12.1. The van der Waals surface area contributed by atoms with Crippen molar-refractivity contribution in [2.45, 2.75) is 45.1 Å². The Morgan fingerprint density at radius 1 is 1.47 bits per heavy atom. The molecule has 0 aliphatic heterocycles. The van der Waals surface area contributed by atoms with Gasteiger partial charge in [-0.15, -0.1) is 11.3 Å². The summed E-state index contributed by atoms with van der Waals surface area (Å²) < 4.78 is 0. The molecular formula is C14H17NO3S. The molecule has 1 aromatic rings. The van der Waals surface area contributed by atoms with E-state index in [4.69, 9.17) is 0 Å². The predicted molar refractivity (Wildman–Crippen MR) is 75.1 cm³/mol. The Kier molecular flexibility index (Phi) is 3.58. The quantitative estimate of drug-likeness (QED) is 0.483. The van der Waals surface area contributed by atoms with E-state index in [1.54, 1.807) is 0 Å². The number of allylic oxidation sites excluding steroid dienone is 1.